The fraction of sp³-hybridized carbons (Fsp3) is 0.133. The summed E-state index contributed by atoms with van der Waals surface area (Å²) in [5, 5.41) is 24.2. The molecule has 0 saturated carbocycles. The van der Waals surface area contributed by atoms with E-state index in [4.69, 9.17) is 9.84 Å². The number of nitriles is 1. The fourth-order valence-electron chi connectivity index (χ4n) is 2.01. The van der Waals surface area contributed by atoms with Crippen LogP contribution in [0.5, 0.6) is 5.75 Å². The molecule has 3 rings (SSSR count). The maximum atomic E-state index is 9.44. The number of anilines is 2. The first-order valence-corrected chi connectivity index (χ1v) is 6.68. The number of aliphatic hydroxyl groups is 1. The molecule has 1 aliphatic rings. The van der Waals surface area contributed by atoms with Crippen molar-refractivity contribution in [3.05, 3.63) is 48.1 Å². The minimum atomic E-state index is -0.0280. The van der Waals surface area contributed by atoms with Gasteiger partial charge in [0.15, 0.2) is 5.75 Å². The van der Waals surface area contributed by atoms with Crippen LogP contribution in [-0.4, -0.2) is 28.2 Å². The Kier molecular flexibility index (Phi) is 3.85. The molecular weight excluding hydrogens is 282 g/mol. The van der Waals surface area contributed by atoms with Crippen LogP contribution in [0.25, 0.3) is 5.57 Å². The van der Waals surface area contributed by atoms with Gasteiger partial charge in [-0.2, -0.15) is 5.26 Å². The molecule has 0 unspecified atom stereocenters. The maximum Gasteiger partial charge on any atom is 0.223 e. The van der Waals surface area contributed by atoms with E-state index in [9.17, 15) is 5.26 Å². The normalized spacial score (nSPS) is 14.4. The van der Waals surface area contributed by atoms with Crippen LogP contribution in [-0.2, 0) is 0 Å². The third-order valence-electron chi connectivity index (χ3n) is 2.99. The van der Waals surface area contributed by atoms with Gasteiger partial charge in [0, 0.05) is 12.7 Å². The van der Waals surface area contributed by atoms with Crippen LogP contribution >= 0.6 is 0 Å². The number of benzene rings is 1. The molecule has 0 spiro atoms. The summed E-state index contributed by atoms with van der Waals surface area (Å²) >= 11 is 0. The van der Waals surface area contributed by atoms with Crippen molar-refractivity contribution in [2.45, 2.75) is 0 Å². The van der Waals surface area contributed by atoms with Gasteiger partial charge in [-0.15, -0.1) is 0 Å². The first-order chi connectivity index (χ1) is 10.8. The predicted octanol–water partition coefficient (Wildman–Crippen LogP) is 1.58. The van der Waals surface area contributed by atoms with Gasteiger partial charge in [0.05, 0.1) is 18.0 Å². The highest BCUT2D eigenvalue weighted by molar-refractivity contribution is 5.81. The van der Waals surface area contributed by atoms with E-state index in [1.165, 1.54) is 0 Å². The Morgan fingerprint density at radius 1 is 1.36 bits per heavy atom. The summed E-state index contributed by atoms with van der Waals surface area (Å²) in [7, 11) is 0. The number of hydrogen-bond acceptors (Lipinski definition) is 7. The molecule has 1 aromatic heterocycles. The van der Waals surface area contributed by atoms with Crippen molar-refractivity contribution < 1.29 is 9.84 Å². The lowest BCUT2D eigenvalue weighted by Crippen LogP contribution is -2.10. The van der Waals surface area contributed by atoms with Crippen molar-refractivity contribution >= 4 is 17.2 Å². The minimum Gasteiger partial charge on any atom is -0.437 e. The highest BCUT2D eigenvalue weighted by Crippen LogP contribution is 2.35. The number of allylic oxidation sites excluding steroid dienone is 1. The Balaban J connectivity index is 1.93. The number of rotatable bonds is 4. The second kappa shape index (κ2) is 6.11. The Morgan fingerprint density at radius 3 is 3.00 bits per heavy atom. The fourth-order valence-corrected chi connectivity index (χ4v) is 2.01. The maximum absolute atomic E-state index is 9.44. The van der Waals surface area contributed by atoms with Gasteiger partial charge in [-0.1, -0.05) is 12.1 Å². The number of nitrogens with one attached hydrogen (secondary N) is 2. The average Bonchev–Trinajstić information content (AvgIpc) is 2.97. The van der Waals surface area contributed by atoms with Crippen molar-refractivity contribution in [1.29, 1.82) is 5.26 Å². The molecule has 1 aliphatic heterocycles. The van der Waals surface area contributed by atoms with Crippen molar-refractivity contribution in [2.24, 2.45) is 0 Å². The van der Waals surface area contributed by atoms with Crippen LogP contribution < -0.4 is 15.4 Å². The average molecular weight is 295 g/mol. The number of fused-ring (bicyclic) bond motifs is 1. The molecule has 0 bridgehead atoms. The van der Waals surface area contributed by atoms with Crippen LogP contribution in [0.3, 0.4) is 0 Å². The van der Waals surface area contributed by atoms with Crippen LogP contribution in [0.15, 0.2) is 42.4 Å². The number of aliphatic hydroxyl groups excluding tert-OH is 1. The molecule has 7 heteroatoms. The first-order valence-electron chi connectivity index (χ1n) is 6.68. The second-order valence-electron chi connectivity index (χ2n) is 4.46. The molecule has 0 atom stereocenters. The number of aromatic nitrogens is 2. The topological polar surface area (TPSA) is 103 Å². The SMILES string of the molecule is N#CC(=C1Nc2ccccc2O1)c1ccnc(NCCO)n1. The summed E-state index contributed by atoms with van der Waals surface area (Å²) in [5.41, 5.74) is 1.52. The van der Waals surface area contributed by atoms with Crippen LogP contribution in [0.4, 0.5) is 11.6 Å². The lowest BCUT2D eigenvalue weighted by molar-refractivity contribution is 0.311. The predicted molar refractivity (Wildman–Crippen MR) is 80.8 cm³/mol. The second-order valence-corrected chi connectivity index (χ2v) is 4.46. The van der Waals surface area contributed by atoms with E-state index in [0.717, 1.165) is 5.69 Å². The Hall–Kier alpha value is -3.11. The molecule has 2 heterocycles. The van der Waals surface area contributed by atoms with Crippen molar-refractivity contribution in [1.82, 2.24) is 9.97 Å². The van der Waals surface area contributed by atoms with E-state index in [2.05, 4.69) is 26.7 Å². The molecular formula is C15H13N5O2. The Labute approximate surface area is 126 Å². The zero-order chi connectivity index (χ0) is 15.4. The van der Waals surface area contributed by atoms with E-state index < -0.39 is 0 Å². The number of nitrogens with zero attached hydrogens (tertiary/aromatic N) is 3. The van der Waals surface area contributed by atoms with Crippen LogP contribution in [0.1, 0.15) is 5.69 Å². The van der Waals surface area contributed by atoms with Gasteiger partial charge in [-0.3, -0.25) is 0 Å². The number of para-hydroxylation sites is 2. The third kappa shape index (κ3) is 2.68. The highest BCUT2D eigenvalue weighted by atomic mass is 16.5. The summed E-state index contributed by atoms with van der Waals surface area (Å²) in [6.07, 6.45) is 1.54. The molecule has 1 aromatic carbocycles. The molecule has 0 radical (unpaired) electrons. The van der Waals surface area contributed by atoms with Gasteiger partial charge in [0.1, 0.15) is 11.6 Å². The quantitative estimate of drug-likeness (QED) is 0.736. The summed E-state index contributed by atoms with van der Waals surface area (Å²) in [6, 6.07) is 11.2. The summed E-state index contributed by atoms with van der Waals surface area (Å²) < 4.78 is 5.66. The zero-order valence-electron chi connectivity index (χ0n) is 11.6. The van der Waals surface area contributed by atoms with Gasteiger partial charge in [-0.05, 0) is 18.2 Å². The van der Waals surface area contributed by atoms with Crippen molar-refractivity contribution in [3.63, 3.8) is 0 Å². The molecule has 110 valence electrons. The monoisotopic (exact) mass is 295 g/mol. The standard InChI is InChI=1S/C15H13N5O2/c16-9-10(11-5-6-17-15(20-11)18-7-8-21)14-19-12-3-1-2-4-13(12)22-14/h1-6,19,21H,7-8H2,(H,17,18,20). The van der Waals surface area contributed by atoms with Crippen molar-refractivity contribution in [3.8, 4) is 11.8 Å². The van der Waals surface area contributed by atoms with Gasteiger partial charge in [-0.25, -0.2) is 9.97 Å². The van der Waals surface area contributed by atoms with E-state index in [0.29, 0.717) is 29.8 Å². The smallest absolute Gasteiger partial charge is 0.223 e. The van der Waals surface area contributed by atoms with Gasteiger partial charge >= 0.3 is 0 Å². The van der Waals surface area contributed by atoms with Gasteiger partial charge in [0.25, 0.3) is 0 Å². The molecule has 7 nitrogen and oxygen atoms in total. The lowest BCUT2D eigenvalue weighted by atomic mass is 10.2. The summed E-state index contributed by atoms with van der Waals surface area (Å²) in [4.78, 5) is 8.29. The molecule has 0 saturated heterocycles. The molecule has 3 N–H and O–H groups in total. The summed E-state index contributed by atoms with van der Waals surface area (Å²) in [5.74, 6) is 1.35. The van der Waals surface area contributed by atoms with E-state index in [-0.39, 0.29) is 12.2 Å². The lowest BCUT2D eigenvalue weighted by Gasteiger charge is -2.06. The van der Waals surface area contributed by atoms with E-state index >= 15 is 0 Å². The molecule has 0 amide bonds. The number of ether oxygens (including phenoxy) is 1. The first kappa shape index (κ1) is 13.9. The molecule has 2 aromatic rings. The van der Waals surface area contributed by atoms with Gasteiger partial charge < -0.3 is 20.5 Å². The van der Waals surface area contributed by atoms with Crippen LogP contribution in [0, 0.1) is 11.3 Å². The molecule has 0 fully saturated rings. The Morgan fingerprint density at radius 2 is 2.23 bits per heavy atom. The molecule has 22 heavy (non-hydrogen) atoms. The minimum absolute atomic E-state index is 0.0280. The summed E-state index contributed by atoms with van der Waals surface area (Å²) in [6.45, 7) is 0.307. The van der Waals surface area contributed by atoms with E-state index in [1.54, 1.807) is 12.3 Å². The largest absolute Gasteiger partial charge is 0.437 e. The number of hydrogen-bond donors (Lipinski definition) is 3. The van der Waals surface area contributed by atoms with Crippen LogP contribution in [0.2, 0.25) is 0 Å². The van der Waals surface area contributed by atoms with Gasteiger partial charge in [0.2, 0.25) is 11.8 Å². The molecule has 0 aliphatic carbocycles. The Bertz CT molecular complexity index is 740. The highest BCUT2D eigenvalue weighted by Gasteiger charge is 2.21. The van der Waals surface area contributed by atoms with Crippen molar-refractivity contribution in [2.75, 3.05) is 23.8 Å². The zero-order valence-corrected chi connectivity index (χ0v) is 11.6. The van der Waals surface area contributed by atoms with E-state index in [1.807, 2.05) is 24.3 Å². The third-order valence-corrected chi connectivity index (χ3v) is 2.99.